The zero-order valence-corrected chi connectivity index (χ0v) is 14.8. The molecular formula is C18H25N7. The first-order valence-electron chi connectivity index (χ1n) is 9.14. The van der Waals surface area contributed by atoms with Gasteiger partial charge in [-0.15, -0.1) is 0 Å². The van der Waals surface area contributed by atoms with E-state index in [0.717, 1.165) is 62.9 Å². The number of rotatable bonds is 3. The third-order valence-corrected chi connectivity index (χ3v) is 5.13. The zero-order valence-electron chi connectivity index (χ0n) is 14.8. The van der Waals surface area contributed by atoms with Crippen molar-refractivity contribution in [2.75, 3.05) is 54.0 Å². The third-order valence-electron chi connectivity index (χ3n) is 5.13. The molecule has 0 N–H and O–H groups in total. The predicted octanol–water partition coefficient (Wildman–Crippen LogP) is 1.83. The van der Waals surface area contributed by atoms with E-state index in [4.69, 9.17) is 4.98 Å². The van der Waals surface area contributed by atoms with Gasteiger partial charge in [-0.05, 0) is 30.9 Å². The van der Waals surface area contributed by atoms with E-state index >= 15 is 0 Å². The Labute approximate surface area is 148 Å². The van der Waals surface area contributed by atoms with Gasteiger partial charge in [-0.2, -0.15) is 4.98 Å². The Morgan fingerprint density at radius 3 is 2.04 bits per heavy atom. The fourth-order valence-electron chi connectivity index (χ4n) is 3.47. The summed E-state index contributed by atoms with van der Waals surface area (Å²) >= 11 is 0. The maximum absolute atomic E-state index is 4.83. The van der Waals surface area contributed by atoms with Gasteiger partial charge in [0.2, 0.25) is 11.9 Å². The van der Waals surface area contributed by atoms with Crippen molar-refractivity contribution in [2.24, 2.45) is 5.92 Å². The Kier molecular flexibility index (Phi) is 4.63. The molecule has 0 unspecified atom stereocenters. The number of piperazine rings is 1. The van der Waals surface area contributed by atoms with Gasteiger partial charge in [0.1, 0.15) is 5.82 Å². The van der Waals surface area contributed by atoms with Gasteiger partial charge in [-0.3, -0.25) is 0 Å². The molecular weight excluding hydrogens is 314 g/mol. The van der Waals surface area contributed by atoms with E-state index in [2.05, 4.69) is 36.6 Å². The first-order valence-corrected chi connectivity index (χ1v) is 9.14. The van der Waals surface area contributed by atoms with E-state index in [1.54, 1.807) is 12.4 Å². The second kappa shape index (κ2) is 7.21. The van der Waals surface area contributed by atoms with E-state index in [1.807, 2.05) is 18.3 Å². The molecule has 4 heterocycles. The standard InChI is InChI=1S/C18H25N7/c1-15-4-9-23(10-5-15)16-3-8-21-18(22-16)25-13-11-24(12-14-25)17-19-6-2-7-20-17/h2-3,6-8,15H,4-5,9-14H2,1H3. The molecule has 2 saturated heterocycles. The second-order valence-electron chi connectivity index (χ2n) is 6.91. The lowest BCUT2D eigenvalue weighted by atomic mass is 9.99. The van der Waals surface area contributed by atoms with Crippen LogP contribution in [0.3, 0.4) is 0 Å². The van der Waals surface area contributed by atoms with Crippen molar-refractivity contribution in [1.82, 2.24) is 19.9 Å². The van der Waals surface area contributed by atoms with E-state index < -0.39 is 0 Å². The van der Waals surface area contributed by atoms with Crippen LogP contribution in [0.1, 0.15) is 19.8 Å². The monoisotopic (exact) mass is 339 g/mol. The molecule has 0 spiro atoms. The molecule has 25 heavy (non-hydrogen) atoms. The number of anilines is 3. The Balaban J connectivity index is 1.40. The summed E-state index contributed by atoms with van der Waals surface area (Å²) in [5, 5.41) is 0. The van der Waals surface area contributed by atoms with Crippen LogP contribution in [0.4, 0.5) is 17.7 Å². The second-order valence-corrected chi connectivity index (χ2v) is 6.91. The summed E-state index contributed by atoms with van der Waals surface area (Å²) in [4.78, 5) is 24.9. The number of piperidine rings is 1. The van der Waals surface area contributed by atoms with Crippen molar-refractivity contribution in [3.63, 3.8) is 0 Å². The van der Waals surface area contributed by atoms with Crippen LogP contribution in [0.2, 0.25) is 0 Å². The molecule has 2 aliphatic heterocycles. The molecule has 0 radical (unpaired) electrons. The van der Waals surface area contributed by atoms with Crippen LogP contribution in [-0.2, 0) is 0 Å². The molecule has 7 nitrogen and oxygen atoms in total. The van der Waals surface area contributed by atoms with Crippen LogP contribution in [-0.4, -0.2) is 59.2 Å². The van der Waals surface area contributed by atoms with Crippen LogP contribution >= 0.6 is 0 Å². The van der Waals surface area contributed by atoms with Crippen LogP contribution in [0, 0.1) is 5.92 Å². The molecule has 0 amide bonds. The smallest absolute Gasteiger partial charge is 0.227 e. The number of hydrogen-bond donors (Lipinski definition) is 0. The highest BCUT2D eigenvalue weighted by atomic mass is 15.4. The van der Waals surface area contributed by atoms with Crippen molar-refractivity contribution in [2.45, 2.75) is 19.8 Å². The number of hydrogen-bond acceptors (Lipinski definition) is 7. The van der Waals surface area contributed by atoms with Crippen LogP contribution in [0.25, 0.3) is 0 Å². The van der Waals surface area contributed by atoms with Gasteiger partial charge >= 0.3 is 0 Å². The summed E-state index contributed by atoms with van der Waals surface area (Å²) < 4.78 is 0. The summed E-state index contributed by atoms with van der Waals surface area (Å²) in [6.07, 6.45) is 7.97. The van der Waals surface area contributed by atoms with Gasteiger partial charge < -0.3 is 14.7 Å². The molecule has 0 aromatic carbocycles. The molecule has 0 saturated carbocycles. The van der Waals surface area contributed by atoms with Gasteiger partial charge in [0.05, 0.1) is 0 Å². The predicted molar refractivity (Wildman–Crippen MR) is 99.1 cm³/mol. The van der Waals surface area contributed by atoms with Gasteiger partial charge in [0.15, 0.2) is 0 Å². The van der Waals surface area contributed by atoms with E-state index in [-0.39, 0.29) is 0 Å². The van der Waals surface area contributed by atoms with Gasteiger partial charge in [0, 0.05) is 57.9 Å². The zero-order chi connectivity index (χ0) is 17.1. The topological polar surface area (TPSA) is 61.3 Å². The molecule has 2 aliphatic rings. The highest BCUT2D eigenvalue weighted by Crippen LogP contribution is 2.23. The molecule has 132 valence electrons. The summed E-state index contributed by atoms with van der Waals surface area (Å²) in [6.45, 7) is 8.07. The highest BCUT2D eigenvalue weighted by Gasteiger charge is 2.22. The molecule has 0 bridgehead atoms. The van der Waals surface area contributed by atoms with Gasteiger partial charge in [0.25, 0.3) is 0 Å². The average Bonchev–Trinajstić information content (AvgIpc) is 2.69. The lowest BCUT2D eigenvalue weighted by molar-refractivity contribution is 0.436. The summed E-state index contributed by atoms with van der Waals surface area (Å²) in [5.41, 5.74) is 0. The van der Waals surface area contributed by atoms with Gasteiger partial charge in [-0.25, -0.2) is 15.0 Å². The Morgan fingerprint density at radius 2 is 1.36 bits per heavy atom. The maximum atomic E-state index is 4.83. The highest BCUT2D eigenvalue weighted by molar-refractivity contribution is 5.45. The molecule has 2 aromatic heterocycles. The van der Waals surface area contributed by atoms with Crippen LogP contribution < -0.4 is 14.7 Å². The normalized spacial score (nSPS) is 19.3. The lowest BCUT2D eigenvalue weighted by Crippen LogP contribution is -2.47. The Bertz CT molecular complexity index is 677. The molecule has 2 aromatic rings. The van der Waals surface area contributed by atoms with Crippen LogP contribution in [0.15, 0.2) is 30.7 Å². The van der Waals surface area contributed by atoms with Crippen molar-refractivity contribution in [3.05, 3.63) is 30.7 Å². The molecule has 4 rings (SSSR count). The number of nitrogens with zero attached hydrogens (tertiary/aromatic N) is 7. The third kappa shape index (κ3) is 3.65. The molecule has 0 aliphatic carbocycles. The fourth-order valence-corrected chi connectivity index (χ4v) is 3.47. The van der Waals surface area contributed by atoms with Crippen molar-refractivity contribution in [1.29, 1.82) is 0 Å². The minimum absolute atomic E-state index is 0.805. The first-order chi connectivity index (χ1) is 12.3. The maximum Gasteiger partial charge on any atom is 0.227 e. The minimum Gasteiger partial charge on any atom is -0.356 e. The van der Waals surface area contributed by atoms with Crippen molar-refractivity contribution in [3.8, 4) is 0 Å². The quantitative estimate of drug-likeness (QED) is 0.845. The van der Waals surface area contributed by atoms with Gasteiger partial charge in [-0.1, -0.05) is 6.92 Å². The average molecular weight is 339 g/mol. The van der Waals surface area contributed by atoms with E-state index in [9.17, 15) is 0 Å². The summed E-state index contributed by atoms with van der Waals surface area (Å²) in [7, 11) is 0. The summed E-state index contributed by atoms with van der Waals surface area (Å²) in [5.74, 6) is 3.53. The van der Waals surface area contributed by atoms with E-state index in [1.165, 1.54) is 12.8 Å². The first kappa shape index (κ1) is 16.1. The van der Waals surface area contributed by atoms with Crippen LogP contribution in [0.5, 0.6) is 0 Å². The number of aromatic nitrogens is 4. The summed E-state index contributed by atoms with van der Waals surface area (Å²) in [6, 6.07) is 3.88. The lowest BCUT2D eigenvalue weighted by Gasteiger charge is -2.35. The Morgan fingerprint density at radius 1 is 0.760 bits per heavy atom. The fraction of sp³-hybridized carbons (Fsp3) is 0.556. The Hall–Kier alpha value is -2.44. The molecule has 7 heteroatoms. The molecule has 2 fully saturated rings. The SMILES string of the molecule is CC1CCN(c2ccnc(N3CCN(c4ncccn4)CC3)n2)CC1. The largest absolute Gasteiger partial charge is 0.356 e. The minimum atomic E-state index is 0.805. The van der Waals surface area contributed by atoms with Crippen molar-refractivity contribution < 1.29 is 0 Å². The van der Waals surface area contributed by atoms with Crippen molar-refractivity contribution >= 4 is 17.7 Å². The molecule has 0 atom stereocenters. The van der Waals surface area contributed by atoms with E-state index in [0.29, 0.717) is 0 Å².